The van der Waals surface area contributed by atoms with Crippen LogP contribution in [-0.2, 0) is 5.41 Å². The molecule has 3 aromatic heterocycles. The Morgan fingerprint density at radius 2 is 1.37 bits per heavy atom. The summed E-state index contributed by atoms with van der Waals surface area (Å²) in [6.07, 6.45) is 6.23. The van der Waals surface area contributed by atoms with Gasteiger partial charge in [-0.05, 0) is 74.8 Å². The van der Waals surface area contributed by atoms with Crippen molar-refractivity contribution in [3.05, 3.63) is 90.0 Å². The van der Waals surface area contributed by atoms with Gasteiger partial charge in [0.25, 0.3) is 0 Å². The molecule has 3 heteroatoms. The third-order valence-electron chi connectivity index (χ3n) is 7.75. The molecule has 0 aliphatic heterocycles. The fourth-order valence-corrected chi connectivity index (χ4v) is 5.58. The molecule has 2 aromatic carbocycles. The number of pyridine rings is 2. The highest BCUT2D eigenvalue weighted by atomic mass is 15.0. The first-order valence-corrected chi connectivity index (χ1v) is 15.6. The first-order valence-electron chi connectivity index (χ1n) is 15.6. The van der Waals surface area contributed by atoms with Crippen molar-refractivity contribution in [3.63, 3.8) is 0 Å². The van der Waals surface area contributed by atoms with Crippen LogP contribution in [0, 0.1) is 27.7 Å². The number of nitrogens with zero attached hydrogens (tertiary/aromatic N) is 3. The van der Waals surface area contributed by atoms with E-state index in [0.29, 0.717) is 0 Å². The molecule has 0 amide bonds. The van der Waals surface area contributed by atoms with Crippen LogP contribution in [-0.4, -0.2) is 14.4 Å². The molecule has 0 unspecified atom stereocenters. The number of hydrogen-bond acceptors (Lipinski definition) is 2. The van der Waals surface area contributed by atoms with Crippen LogP contribution in [0.1, 0.15) is 103 Å². The Morgan fingerprint density at radius 3 is 1.93 bits per heavy atom. The molecule has 222 valence electrons. The van der Waals surface area contributed by atoms with Gasteiger partial charge >= 0.3 is 0 Å². The molecule has 0 aliphatic rings. The zero-order chi connectivity index (χ0) is 31.5. The average Bonchev–Trinajstić information content (AvgIpc) is 3.50. The van der Waals surface area contributed by atoms with Crippen LogP contribution in [0.25, 0.3) is 38.4 Å². The van der Waals surface area contributed by atoms with Gasteiger partial charge < -0.3 is 0 Å². The third-order valence-corrected chi connectivity index (χ3v) is 7.75. The molecule has 0 N–H and O–H groups in total. The minimum atomic E-state index is 0.0797. The summed E-state index contributed by atoms with van der Waals surface area (Å²) in [7, 11) is 0. The molecule has 0 fully saturated rings. The van der Waals surface area contributed by atoms with Crippen molar-refractivity contribution in [1.82, 2.24) is 14.4 Å². The van der Waals surface area contributed by atoms with Crippen LogP contribution in [0.3, 0.4) is 0 Å². The monoisotopic (exact) mass is 553 g/mol. The number of benzene rings is 2. The van der Waals surface area contributed by atoms with Crippen molar-refractivity contribution < 1.29 is 0 Å². The predicted molar refractivity (Wildman–Crippen MR) is 186 cm³/mol. The highest BCUT2D eigenvalue weighted by Crippen LogP contribution is 2.45. The normalized spacial score (nSPS) is 10.5. The number of rotatable bonds is 4. The predicted octanol–water partition coefficient (Wildman–Crippen LogP) is 11.9. The summed E-state index contributed by atoms with van der Waals surface area (Å²) < 4.78 is 2.30. The van der Waals surface area contributed by atoms with Crippen LogP contribution in [0.5, 0.6) is 0 Å². The van der Waals surface area contributed by atoms with Gasteiger partial charge in [0.15, 0.2) is 0 Å². The van der Waals surface area contributed by atoms with Crippen LogP contribution < -0.4 is 0 Å². The smallest absolute Gasteiger partial charge is 0.145 e. The molecule has 0 spiro atoms. The molecule has 3 heterocycles. The van der Waals surface area contributed by atoms with E-state index in [1.807, 2.05) is 47.7 Å². The summed E-state index contributed by atoms with van der Waals surface area (Å²) >= 11 is 0. The maximum atomic E-state index is 4.92. The van der Waals surface area contributed by atoms with E-state index in [2.05, 4.69) is 109 Å². The first-order chi connectivity index (χ1) is 19.8. The first kappa shape index (κ1) is 35.6. The SMILES string of the molecule is C=C.CC.CC.CC.CCC(C)(CC)c1ccc(-c2ccc(C)nc2C)c2c3cc(C)cc(C)c3n3ccnc3c12. The van der Waals surface area contributed by atoms with Crippen molar-refractivity contribution in [2.24, 2.45) is 0 Å². The van der Waals surface area contributed by atoms with Crippen molar-refractivity contribution in [3.8, 4) is 11.1 Å². The van der Waals surface area contributed by atoms with E-state index in [1.165, 1.54) is 49.5 Å². The minimum absolute atomic E-state index is 0.0797. The fraction of sp³-hybridized carbons (Fsp3) is 0.421. The molecule has 0 bridgehead atoms. The topological polar surface area (TPSA) is 30.2 Å². The van der Waals surface area contributed by atoms with E-state index >= 15 is 0 Å². The zero-order valence-corrected chi connectivity index (χ0v) is 28.3. The number of aryl methyl sites for hydroxylation is 4. The Balaban J connectivity index is 0.000000969. The molecule has 5 rings (SSSR count). The lowest BCUT2D eigenvalue weighted by atomic mass is 9.74. The molecule has 5 aromatic rings. The summed E-state index contributed by atoms with van der Waals surface area (Å²) in [5.74, 6) is 0. The third kappa shape index (κ3) is 6.72. The van der Waals surface area contributed by atoms with Crippen LogP contribution in [0.4, 0.5) is 0 Å². The van der Waals surface area contributed by atoms with E-state index in [0.717, 1.165) is 29.9 Å². The Hall–Kier alpha value is -3.46. The van der Waals surface area contributed by atoms with E-state index < -0.39 is 0 Å². The van der Waals surface area contributed by atoms with Gasteiger partial charge in [-0.2, -0.15) is 0 Å². The second kappa shape index (κ2) is 16.1. The summed E-state index contributed by atoms with van der Waals surface area (Å²) in [6.45, 7) is 33.6. The standard InChI is InChI=1S/C30H33N3.3C2H6.C2H4/c1-8-30(7,9-2)25-13-12-23(22-11-10-20(5)32-21(22)6)26-24-17-18(3)16-19(4)28(24)33-15-14-31-29(33)27(25)26;4*1-2/h10-17H,8-9H2,1-7H3;3*1-2H3;1-2H2. The van der Waals surface area contributed by atoms with Crippen LogP contribution >= 0.6 is 0 Å². The molecular formula is C38H55N3. The average molecular weight is 554 g/mol. The molecule has 0 saturated carbocycles. The lowest BCUT2D eigenvalue weighted by Gasteiger charge is -2.30. The molecule has 0 radical (unpaired) electrons. The van der Waals surface area contributed by atoms with E-state index in [-0.39, 0.29) is 5.41 Å². The molecular weight excluding hydrogens is 498 g/mol. The fourth-order valence-electron chi connectivity index (χ4n) is 5.58. The van der Waals surface area contributed by atoms with Gasteiger partial charge in [-0.3, -0.25) is 9.38 Å². The van der Waals surface area contributed by atoms with Crippen molar-refractivity contribution in [2.45, 2.75) is 108 Å². The second-order valence-electron chi connectivity index (χ2n) is 9.86. The molecule has 3 nitrogen and oxygen atoms in total. The van der Waals surface area contributed by atoms with E-state index in [9.17, 15) is 0 Å². The van der Waals surface area contributed by atoms with E-state index in [4.69, 9.17) is 9.97 Å². The Morgan fingerprint density at radius 1 is 0.780 bits per heavy atom. The zero-order valence-electron chi connectivity index (χ0n) is 28.3. The second-order valence-corrected chi connectivity index (χ2v) is 9.86. The van der Waals surface area contributed by atoms with Gasteiger partial charge in [0.2, 0.25) is 0 Å². The number of imidazole rings is 1. The van der Waals surface area contributed by atoms with Gasteiger partial charge in [0.05, 0.1) is 5.52 Å². The molecule has 0 atom stereocenters. The number of aromatic nitrogens is 3. The van der Waals surface area contributed by atoms with Gasteiger partial charge in [-0.15, -0.1) is 13.2 Å². The number of fused-ring (bicyclic) bond motifs is 6. The lowest BCUT2D eigenvalue weighted by Crippen LogP contribution is -2.20. The van der Waals surface area contributed by atoms with Gasteiger partial charge in [0, 0.05) is 45.5 Å². The summed E-state index contributed by atoms with van der Waals surface area (Å²) in [6, 6.07) is 13.7. The summed E-state index contributed by atoms with van der Waals surface area (Å²) in [5.41, 5.74) is 10.9. The molecule has 0 saturated heterocycles. The largest absolute Gasteiger partial charge is 0.299 e. The maximum absolute atomic E-state index is 4.92. The molecule has 41 heavy (non-hydrogen) atoms. The van der Waals surface area contributed by atoms with Crippen molar-refractivity contribution in [2.75, 3.05) is 0 Å². The number of hydrogen-bond donors (Lipinski definition) is 0. The minimum Gasteiger partial charge on any atom is -0.299 e. The Labute approximate surface area is 250 Å². The summed E-state index contributed by atoms with van der Waals surface area (Å²) in [5, 5.41) is 3.87. The molecule has 0 aliphatic carbocycles. The van der Waals surface area contributed by atoms with Crippen molar-refractivity contribution >= 4 is 27.3 Å². The Bertz CT molecular complexity index is 1550. The highest BCUT2D eigenvalue weighted by molar-refractivity contribution is 6.19. The van der Waals surface area contributed by atoms with Gasteiger partial charge in [-0.25, -0.2) is 4.98 Å². The Kier molecular flexibility index (Phi) is 14.0. The van der Waals surface area contributed by atoms with Crippen LogP contribution in [0.2, 0.25) is 0 Å². The quantitative estimate of drug-likeness (QED) is 0.164. The lowest BCUT2D eigenvalue weighted by molar-refractivity contribution is 0.443. The van der Waals surface area contributed by atoms with Gasteiger partial charge in [0.1, 0.15) is 5.65 Å². The summed E-state index contributed by atoms with van der Waals surface area (Å²) in [4.78, 5) is 9.73. The van der Waals surface area contributed by atoms with Crippen LogP contribution in [0.15, 0.2) is 61.9 Å². The van der Waals surface area contributed by atoms with Gasteiger partial charge in [-0.1, -0.05) is 92.1 Å². The maximum Gasteiger partial charge on any atom is 0.145 e. The highest BCUT2D eigenvalue weighted by Gasteiger charge is 2.28. The van der Waals surface area contributed by atoms with E-state index in [1.54, 1.807) is 0 Å². The van der Waals surface area contributed by atoms with Crippen molar-refractivity contribution in [1.29, 1.82) is 0 Å².